The van der Waals surface area contributed by atoms with Crippen molar-refractivity contribution < 1.29 is 0 Å². The molecule has 2 aromatic rings. The first-order valence-electron chi connectivity index (χ1n) is 9.00. The summed E-state index contributed by atoms with van der Waals surface area (Å²) in [5.74, 6) is 1.41. The quantitative estimate of drug-likeness (QED) is 0.706. The predicted molar refractivity (Wildman–Crippen MR) is 101 cm³/mol. The zero-order chi connectivity index (χ0) is 16.8. The van der Waals surface area contributed by atoms with E-state index in [0.29, 0.717) is 17.5 Å². The van der Waals surface area contributed by atoms with Crippen LogP contribution in [0.3, 0.4) is 0 Å². The molecule has 5 nitrogen and oxygen atoms in total. The molecule has 0 amide bonds. The van der Waals surface area contributed by atoms with Crippen LogP contribution in [-0.4, -0.2) is 16.0 Å². The molecule has 1 fully saturated rings. The highest BCUT2D eigenvalue weighted by molar-refractivity contribution is 5.78. The number of rotatable bonds is 5. The molecule has 0 atom stereocenters. The summed E-state index contributed by atoms with van der Waals surface area (Å²) in [6, 6.07) is 8.69. The average Bonchev–Trinajstić information content (AvgIpc) is 2.87. The number of para-hydroxylation sites is 1. The second-order valence-corrected chi connectivity index (χ2v) is 6.45. The van der Waals surface area contributed by atoms with Gasteiger partial charge in [-0.3, -0.25) is 0 Å². The van der Waals surface area contributed by atoms with Gasteiger partial charge in [0.05, 0.1) is 0 Å². The van der Waals surface area contributed by atoms with E-state index in [9.17, 15) is 0 Å². The van der Waals surface area contributed by atoms with Gasteiger partial charge in [-0.15, -0.1) is 0 Å². The normalized spacial score (nSPS) is 15.7. The SMILES string of the molecule is CCc1ccccc1Nc1ncnc(NC2CCCCCC2)c1N. The van der Waals surface area contributed by atoms with Crippen LogP contribution in [0, 0.1) is 0 Å². The maximum atomic E-state index is 6.33. The zero-order valence-corrected chi connectivity index (χ0v) is 14.4. The summed E-state index contributed by atoms with van der Waals surface area (Å²) >= 11 is 0. The van der Waals surface area contributed by atoms with Crippen molar-refractivity contribution in [3.63, 3.8) is 0 Å². The van der Waals surface area contributed by atoms with Gasteiger partial charge in [-0.05, 0) is 30.9 Å². The molecule has 1 aliphatic carbocycles. The van der Waals surface area contributed by atoms with E-state index in [2.05, 4.69) is 39.7 Å². The number of nitrogen functional groups attached to an aromatic ring is 1. The first-order valence-corrected chi connectivity index (χ1v) is 9.00. The lowest BCUT2D eigenvalue weighted by Crippen LogP contribution is -2.20. The van der Waals surface area contributed by atoms with Crippen molar-refractivity contribution in [2.45, 2.75) is 57.9 Å². The number of nitrogens with two attached hydrogens (primary N) is 1. The Morgan fingerprint density at radius 1 is 1.04 bits per heavy atom. The van der Waals surface area contributed by atoms with Crippen molar-refractivity contribution >= 4 is 23.0 Å². The highest BCUT2D eigenvalue weighted by atomic mass is 15.1. The highest BCUT2D eigenvalue weighted by Gasteiger charge is 2.16. The first kappa shape index (κ1) is 16.6. The summed E-state index contributed by atoms with van der Waals surface area (Å²) in [5.41, 5.74) is 9.21. The van der Waals surface area contributed by atoms with E-state index in [1.807, 2.05) is 12.1 Å². The van der Waals surface area contributed by atoms with E-state index in [-0.39, 0.29) is 0 Å². The smallest absolute Gasteiger partial charge is 0.159 e. The molecule has 0 unspecified atom stereocenters. The topological polar surface area (TPSA) is 75.9 Å². The van der Waals surface area contributed by atoms with Gasteiger partial charge in [0.15, 0.2) is 11.6 Å². The molecule has 1 heterocycles. The summed E-state index contributed by atoms with van der Waals surface area (Å²) in [6.45, 7) is 2.14. The highest BCUT2D eigenvalue weighted by Crippen LogP contribution is 2.29. The molecule has 128 valence electrons. The van der Waals surface area contributed by atoms with Crippen molar-refractivity contribution in [3.8, 4) is 0 Å². The van der Waals surface area contributed by atoms with Gasteiger partial charge in [-0.1, -0.05) is 50.8 Å². The number of benzene rings is 1. The Bertz CT molecular complexity index is 663. The molecule has 0 saturated heterocycles. The molecule has 0 bridgehead atoms. The number of hydrogen-bond acceptors (Lipinski definition) is 5. The van der Waals surface area contributed by atoms with Crippen LogP contribution < -0.4 is 16.4 Å². The number of anilines is 4. The minimum Gasteiger partial charge on any atom is -0.393 e. The lowest BCUT2D eigenvalue weighted by molar-refractivity contribution is 0.618. The minimum atomic E-state index is 0.459. The number of aromatic nitrogens is 2. The third kappa shape index (κ3) is 3.96. The van der Waals surface area contributed by atoms with E-state index in [1.54, 1.807) is 6.33 Å². The fourth-order valence-corrected chi connectivity index (χ4v) is 3.31. The number of aryl methyl sites for hydroxylation is 1. The Balaban J connectivity index is 1.77. The molecule has 1 aromatic heterocycles. The Morgan fingerprint density at radius 2 is 1.75 bits per heavy atom. The summed E-state index contributed by atoms with van der Waals surface area (Å²) in [6.07, 6.45) is 10.1. The van der Waals surface area contributed by atoms with E-state index >= 15 is 0 Å². The van der Waals surface area contributed by atoms with E-state index in [1.165, 1.54) is 44.1 Å². The van der Waals surface area contributed by atoms with Crippen molar-refractivity contribution in [2.24, 2.45) is 0 Å². The average molecular weight is 325 g/mol. The molecule has 1 aromatic carbocycles. The summed E-state index contributed by atoms with van der Waals surface area (Å²) < 4.78 is 0. The zero-order valence-electron chi connectivity index (χ0n) is 14.4. The monoisotopic (exact) mass is 325 g/mol. The van der Waals surface area contributed by atoms with Crippen LogP contribution in [0.25, 0.3) is 0 Å². The Labute approximate surface area is 144 Å². The number of hydrogen-bond donors (Lipinski definition) is 3. The van der Waals surface area contributed by atoms with Crippen LogP contribution in [0.5, 0.6) is 0 Å². The lowest BCUT2D eigenvalue weighted by atomic mass is 10.1. The van der Waals surface area contributed by atoms with Crippen molar-refractivity contribution in [2.75, 3.05) is 16.4 Å². The van der Waals surface area contributed by atoms with Gasteiger partial charge in [-0.25, -0.2) is 9.97 Å². The van der Waals surface area contributed by atoms with Crippen LogP contribution in [0.4, 0.5) is 23.0 Å². The van der Waals surface area contributed by atoms with E-state index in [0.717, 1.165) is 17.9 Å². The van der Waals surface area contributed by atoms with Gasteiger partial charge in [0, 0.05) is 11.7 Å². The van der Waals surface area contributed by atoms with E-state index in [4.69, 9.17) is 5.73 Å². The van der Waals surface area contributed by atoms with Gasteiger partial charge >= 0.3 is 0 Å². The first-order chi connectivity index (χ1) is 11.8. The molecular formula is C19H27N5. The van der Waals surface area contributed by atoms with Crippen LogP contribution in [0.1, 0.15) is 51.0 Å². The molecule has 5 heteroatoms. The molecule has 24 heavy (non-hydrogen) atoms. The van der Waals surface area contributed by atoms with Crippen LogP contribution in [-0.2, 0) is 6.42 Å². The third-order valence-corrected chi connectivity index (χ3v) is 4.73. The summed E-state index contributed by atoms with van der Waals surface area (Å²) in [7, 11) is 0. The van der Waals surface area contributed by atoms with Crippen molar-refractivity contribution in [1.29, 1.82) is 0 Å². The standard InChI is InChI=1S/C19H27N5/c1-2-14-9-7-8-12-16(14)24-19-17(20)18(21-13-22-19)23-15-10-5-3-4-6-11-15/h7-9,12-13,15H,2-6,10-11,20H2,1H3,(H2,21,22,23,24). The molecule has 0 spiro atoms. The second kappa shape index (κ2) is 7.99. The third-order valence-electron chi connectivity index (χ3n) is 4.73. The largest absolute Gasteiger partial charge is 0.393 e. The van der Waals surface area contributed by atoms with Crippen molar-refractivity contribution in [3.05, 3.63) is 36.2 Å². The fraction of sp³-hybridized carbons (Fsp3) is 0.474. The van der Waals surface area contributed by atoms with Crippen LogP contribution in [0.2, 0.25) is 0 Å². The van der Waals surface area contributed by atoms with Gasteiger partial charge in [0.25, 0.3) is 0 Å². The Hall–Kier alpha value is -2.30. The maximum Gasteiger partial charge on any atom is 0.159 e. The molecule has 0 radical (unpaired) electrons. The van der Waals surface area contributed by atoms with Gasteiger partial charge in [0.2, 0.25) is 0 Å². The lowest BCUT2D eigenvalue weighted by Gasteiger charge is -2.19. The van der Waals surface area contributed by atoms with Gasteiger partial charge in [-0.2, -0.15) is 0 Å². The Kier molecular flexibility index (Phi) is 5.51. The Morgan fingerprint density at radius 3 is 2.50 bits per heavy atom. The van der Waals surface area contributed by atoms with Crippen LogP contribution >= 0.6 is 0 Å². The molecule has 4 N–H and O–H groups in total. The molecule has 3 rings (SSSR count). The van der Waals surface area contributed by atoms with Crippen molar-refractivity contribution in [1.82, 2.24) is 9.97 Å². The number of nitrogens with one attached hydrogen (secondary N) is 2. The fourth-order valence-electron chi connectivity index (χ4n) is 3.31. The molecule has 1 aliphatic rings. The summed E-state index contributed by atoms with van der Waals surface area (Å²) in [5, 5.41) is 6.89. The maximum absolute atomic E-state index is 6.33. The molecule has 1 saturated carbocycles. The van der Waals surface area contributed by atoms with Gasteiger partial charge < -0.3 is 16.4 Å². The molecular weight excluding hydrogens is 298 g/mol. The minimum absolute atomic E-state index is 0.459. The van der Waals surface area contributed by atoms with Crippen LogP contribution in [0.15, 0.2) is 30.6 Å². The van der Waals surface area contributed by atoms with E-state index < -0.39 is 0 Å². The molecule has 0 aliphatic heterocycles. The second-order valence-electron chi connectivity index (χ2n) is 6.45. The summed E-state index contributed by atoms with van der Waals surface area (Å²) in [4.78, 5) is 8.69. The van der Waals surface area contributed by atoms with Gasteiger partial charge in [0.1, 0.15) is 12.0 Å². The predicted octanol–water partition coefficient (Wildman–Crippen LogP) is 4.50. The number of nitrogens with zero attached hydrogens (tertiary/aromatic N) is 2.